The van der Waals surface area contributed by atoms with Crippen molar-refractivity contribution >= 4 is 5.91 Å². The first-order valence-electron chi connectivity index (χ1n) is 4.76. The minimum atomic E-state index is -0.109. The molecule has 0 aromatic heterocycles. The van der Waals surface area contributed by atoms with Gasteiger partial charge in [-0.1, -0.05) is 0 Å². The third-order valence-electron chi connectivity index (χ3n) is 1.67. The zero-order valence-electron chi connectivity index (χ0n) is 8.91. The molecular formula is C9H20N2O3. The summed E-state index contributed by atoms with van der Waals surface area (Å²) in [6, 6.07) is 0.110. The third kappa shape index (κ3) is 7.97. The van der Waals surface area contributed by atoms with Crippen LogP contribution >= 0.6 is 0 Å². The first-order chi connectivity index (χ1) is 6.70. The van der Waals surface area contributed by atoms with Crippen LogP contribution in [0.4, 0.5) is 0 Å². The van der Waals surface area contributed by atoms with E-state index < -0.39 is 0 Å². The van der Waals surface area contributed by atoms with Gasteiger partial charge in [0.1, 0.15) is 6.61 Å². The van der Waals surface area contributed by atoms with Gasteiger partial charge in [0.25, 0.3) is 0 Å². The van der Waals surface area contributed by atoms with Crippen LogP contribution in [-0.4, -0.2) is 45.4 Å². The summed E-state index contributed by atoms with van der Waals surface area (Å²) in [5.74, 6) is -0.109. The molecule has 84 valence electrons. The van der Waals surface area contributed by atoms with E-state index in [2.05, 4.69) is 5.32 Å². The lowest BCUT2D eigenvalue weighted by Gasteiger charge is -2.12. The fourth-order valence-corrected chi connectivity index (χ4v) is 0.946. The topological polar surface area (TPSA) is 73.6 Å². The van der Waals surface area contributed by atoms with Crippen LogP contribution in [0.5, 0.6) is 0 Å². The number of nitrogens with two attached hydrogens (primary N) is 1. The number of rotatable bonds is 8. The van der Waals surface area contributed by atoms with E-state index in [0.717, 1.165) is 6.42 Å². The van der Waals surface area contributed by atoms with Gasteiger partial charge in [0.2, 0.25) is 5.91 Å². The van der Waals surface area contributed by atoms with Crippen molar-refractivity contribution in [2.24, 2.45) is 5.73 Å². The maximum atomic E-state index is 11.2. The molecule has 1 unspecified atom stereocenters. The minimum absolute atomic E-state index is 0.0816. The lowest BCUT2D eigenvalue weighted by molar-refractivity contribution is -0.126. The summed E-state index contributed by atoms with van der Waals surface area (Å²) in [6.45, 7) is 3.52. The van der Waals surface area contributed by atoms with Crippen LogP contribution in [0, 0.1) is 0 Å². The smallest absolute Gasteiger partial charge is 0.246 e. The highest BCUT2D eigenvalue weighted by molar-refractivity contribution is 5.77. The number of ether oxygens (including phenoxy) is 2. The Kier molecular flexibility index (Phi) is 8.51. The number of amides is 1. The van der Waals surface area contributed by atoms with Gasteiger partial charge in [-0.05, 0) is 19.9 Å². The van der Waals surface area contributed by atoms with Gasteiger partial charge in [-0.15, -0.1) is 0 Å². The summed E-state index contributed by atoms with van der Waals surface area (Å²) >= 11 is 0. The quantitative estimate of drug-likeness (QED) is 0.523. The molecule has 0 saturated carbocycles. The second-order valence-electron chi connectivity index (χ2n) is 3.09. The van der Waals surface area contributed by atoms with Crippen molar-refractivity contribution in [1.29, 1.82) is 0 Å². The van der Waals surface area contributed by atoms with Crippen LogP contribution < -0.4 is 11.1 Å². The van der Waals surface area contributed by atoms with Crippen LogP contribution in [0.1, 0.15) is 13.3 Å². The molecule has 0 saturated heterocycles. The zero-order chi connectivity index (χ0) is 10.8. The van der Waals surface area contributed by atoms with Gasteiger partial charge in [0.15, 0.2) is 0 Å². The number of carbonyl (C=O) groups is 1. The fraction of sp³-hybridized carbons (Fsp3) is 0.889. The van der Waals surface area contributed by atoms with Crippen LogP contribution in [0.2, 0.25) is 0 Å². The van der Waals surface area contributed by atoms with Gasteiger partial charge >= 0.3 is 0 Å². The van der Waals surface area contributed by atoms with E-state index >= 15 is 0 Å². The summed E-state index contributed by atoms with van der Waals surface area (Å²) in [4.78, 5) is 11.2. The lowest BCUT2D eigenvalue weighted by atomic mass is 10.2. The van der Waals surface area contributed by atoms with Crippen molar-refractivity contribution in [2.45, 2.75) is 19.4 Å². The average Bonchev–Trinajstić information content (AvgIpc) is 2.13. The van der Waals surface area contributed by atoms with Gasteiger partial charge in [-0.25, -0.2) is 0 Å². The molecule has 0 aliphatic rings. The number of hydrogen-bond donors (Lipinski definition) is 2. The highest BCUT2D eigenvalue weighted by Gasteiger charge is 2.05. The van der Waals surface area contributed by atoms with Gasteiger partial charge in [-0.3, -0.25) is 4.79 Å². The number of nitrogens with one attached hydrogen (secondary N) is 1. The molecule has 0 bridgehead atoms. The van der Waals surface area contributed by atoms with E-state index in [-0.39, 0.29) is 18.6 Å². The molecule has 1 amide bonds. The Labute approximate surface area is 84.9 Å². The largest absolute Gasteiger partial charge is 0.382 e. The van der Waals surface area contributed by atoms with Crippen LogP contribution in [0.15, 0.2) is 0 Å². The molecule has 5 nitrogen and oxygen atoms in total. The van der Waals surface area contributed by atoms with Crippen LogP contribution in [-0.2, 0) is 14.3 Å². The molecule has 5 heteroatoms. The van der Waals surface area contributed by atoms with E-state index in [1.54, 1.807) is 7.11 Å². The van der Waals surface area contributed by atoms with Crippen molar-refractivity contribution in [2.75, 3.05) is 33.5 Å². The summed E-state index contributed by atoms with van der Waals surface area (Å²) in [5.41, 5.74) is 5.35. The Morgan fingerprint density at radius 1 is 1.50 bits per heavy atom. The Morgan fingerprint density at radius 2 is 2.21 bits per heavy atom. The second-order valence-corrected chi connectivity index (χ2v) is 3.09. The van der Waals surface area contributed by atoms with Crippen molar-refractivity contribution in [1.82, 2.24) is 5.32 Å². The molecule has 0 aliphatic heterocycles. The summed E-state index contributed by atoms with van der Waals surface area (Å²) in [7, 11) is 1.59. The van der Waals surface area contributed by atoms with Crippen LogP contribution in [0.25, 0.3) is 0 Å². The Balaban J connectivity index is 3.35. The maximum absolute atomic E-state index is 11.2. The Hall–Kier alpha value is -0.650. The van der Waals surface area contributed by atoms with E-state index in [0.29, 0.717) is 19.8 Å². The molecule has 3 N–H and O–H groups in total. The maximum Gasteiger partial charge on any atom is 0.246 e. The van der Waals surface area contributed by atoms with Gasteiger partial charge in [-0.2, -0.15) is 0 Å². The molecule has 0 fully saturated rings. The van der Waals surface area contributed by atoms with Gasteiger partial charge in [0, 0.05) is 13.2 Å². The lowest BCUT2D eigenvalue weighted by Crippen LogP contribution is -2.36. The van der Waals surface area contributed by atoms with Gasteiger partial charge in [0.05, 0.1) is 13.2 Å². The average molecular weight is 204 g/mol. The standard InChI is InChI=1S/C9H20N2O3/c1-8(3-4-10)11-9(12)7-14-6-5-13-2/h8H,3-7,10H2,1-2H3,(H,11,12). The normalized spacial score (nSPS) is 12.5. The predicted molar refractivity (Wildman–Crippen MR) is 54.0 cm³/mol. The fourth-order valence-electron chi connectivity index (χ4n) is 0.946. The van der Waals surface area contributed by atoms with E-state index in [1.165, 1.54) is 0 Å². The summed E-state index contributed by atoms with van der Waals surface area (Å²) in [6.07, 6.45) is 0.782. The molecule has 0 radical (unpaired) electrons. The highest BCUT2D eigenvalue weighted by Crippen LogP contribution is 1.87. The highest BCUT2D eigenvalue weighted by atomic mass is 16.5. The molecule has 0 aromatic carbocycles. The van der Waals surface area contributed by atoms with E-state index in [4.69, 9.17) is 15.2 Å². The van der Waals surface area contributed by atoms with E-state index in [1.807, 2.05) is 6.92 Å². The number of carbonyl (C=O) groups excluding carboxylic acids is 1. The minimum Gasteiger partial charge on any atom is -0.382 e. The van der Waals surface area contributed by atoms with Crippen molar-refractivity contribution in [3.05, 3.63) is 0 Å². The Bertz CT molecular complexity index is 153. The van der Waals surface area contributed by atoms with Crippen molar-refractivity contribution < 1.29 is 14.3 Å². The summed E-state index contributed by atoms with van der Waals surface area (Å²) in [5, 5.41) is 2.77. The summed E-state index contributed by atoms with van der Waals surface area (Å²) < 4.78 is 9.82. The third-order valence-corrected chi connectivity index (χ3v) is 1.67. The molecule has 0 spiro atoms. The molecule has 0 heterocycles. The molecule has 14 heavy (non-hydrogen) atoms. The van der Waals surface area contributed by atoms with Crippen molar-refractivity contribution in [3.63, 3.8) is 0 Å². The molecule has 0 aromatic rings. The zero-order valence-corrected chi connectivity index (χ0v) is 8.91. The first kappa shape index (κ1) is 13.4. The monoisotopic (exact) mass is 204 g/mol. The SMILES string of the molecule is COCCOCC(=O)NC(C)CCN. The second kappa shape index (κ2) is 8.93. The molecule has 0 aliphatic carbocycles. The number of methoxy groups -OCH3 is 1. The van der Waals surface area contributed by atoms with Crippen LogP contribution in [0.3, 0.4) is 0 Å². The Morgan fingerprint density at radius 3 is 2.79 bits per heavy atom. The van der Waals surface area contributed by atoms with Crippen molar-refractivity contribution in [3.8, 4) is 0 Å². The van der Waals surface area contributed by atoms with E-state index in [9.17, 15) is 4.79 Å². The molecule has 1 atom stereocenters. The number of hydrogen-bond acceptors (Lipinski definition) is 4. The van der Waals surface area contributed by atoms with Gasteiger partial charge < -0.3 is 20.5 Å². The molecular weight excluding hydrogens is 184 g/mol. The first-order valence-corrected chi connectivity index (χ1v) is 4.76. The molecule has 0 rings (SSSR count). The predicted octanol–water partition coefficient (Wildman–Crippen LogP) is -0.497.